The highest BCUT2D eigenvalue weighted by atomic mass is 32.9. The van der Waals surface area contributed by atoms with Crippen molar-refractivity contribution in [1.82, 2.24) is 0 Å². The fourth-order valence-corrected chi connectivity index (χ4v) is 5.61. The molecule has 1 aliphatic carbocycles. The van der Waals surface area contributed by atoms with Gasteiger partial charge in [-0.2, -0.15) is 0 Å². The van der Waals surface area contributed by atoms with Crippen molar-refractivity contribution in [2.24, 2.45) is 0 Å². The molecule has 23 heavy (non-hydrogen) atoms. The van der Waals surface area contributed by atoms with E-state index < -0.39 is 0 Å². The van der Waals surface area contributed by atoms with E-state index in [0.717, 1.165) is 38.8 Å². The lowest BCUT2D eigenvalue weighted by atomic mass is 9.94. The van der Waals surface area contributed by atoms with Crippen molar-refractivity contribution in [2.75, 3.05) is 28.4 Å². The maximum atomic E-state index is 5.64. The Hall–Kier alpha value is -2.05. The van der Waals surface area contributed by atoms with E-state index in [4.69, 9.17) is 18.6 Å². The molecular formula is C17H15O4S2+. The van der Waals surface area contributed by atoms with Gasteiger partial charge in [-0.05, 0) is 6.07 Å². The topological polar surface area (TPSA) is 39.0 Å². The molecule has 0 saturated carbocycles. The number of ether oxygens (including phenoxy) is 3. The molecule has 0 saturated heterocycles. The van der Waals surface area contributed by atoms with Crippen molar-refractivity contribution in [3.8, 4) is 27.7 Å². The van der Waals surface area contributed by atoms with E-state index >= 15 is 0 Å². The summed E-state index contributed by atoms with van der Waals surface area (Å²) in [7, 11) is 10.2. The maximum Gasteiger partial charge on any atom is 0.356 e. The molecule has 0 amide bonds. The number of benzene rings is 3. The molecule has 0 spiro atoms. The van der Waals surface area contributed by atoms with Crippen LogP contribution in [0.4, 0.5) is 0 Å². The summed E-state index contributed by atoms with van der Waals surface area (Å²) in [5.74, 6) is 2.27. The molecule has 118 valence electrons. The first-order valence-corrected chi connectivity index (χ1v) is 9.16. The first kappa shape index (κ1) is 14.5. The second-order valence-electron chi connectivity index (χ2n) is 5.10. The summed E-state index contributed by atoms with van der Waals surface area (Å²) in [4.78, 5) is 1.19. The third-order valence-electron chi connectivity index (χ3n) is 4.12. The van der Waals surface area contributed by atoms with E-state index in [9.17, 15) is 0 Å². The van der Waals surface area contributed by atoms with Crippen LogP contribution in [-0.4, -0.2) is 28.4 Å². The molecule has 2 aromatic carbocycles. The molecule has 0 atom stereocenters. The van der Waals surface area contributed by atoms with Crippen molar-refractivity contribution in [2.45, 2.75) is 0 Å². The van der Waals surface area contributed by atoms with Gasteiger partial charge in [-0.15, -0.1) is 0 Å². The minimum atomic E-state index is 0.735. The summed E-state index contributed by atoms with van der Waals surface area (Å²) in [6, 6.07) is 6.04. The van der Waals surface area contributed by atoms with Gasteiger partial charge < -0.3 is 14.2 Å². The van der Waals surface area contributed by atoms with Crippen LogP contribution in [0.3, 0.4) is 0 Å². The predicted octanol–water partition coefficient (Wildman–Crippen LogP) is 4.21. The van der Waals surface area contributed by atoms with E-state index in [-0.39, 0.29) is 0 Å². The van der Waals surface area contributed by atoms with Crippen molar-refractivity contribution in [3.63, 3.8) is 0 Å². The van der Waals surface area contributed by atoms with Gasteiger partial charge in [-0.3, -0.25) is 4.42 Å². The highest BCUT2D eigenvalue weighted by Gasteiger charge is 2.28. The van der Waals surface area contributed by atoms with Gasteiger partial charge in [0.2, 0.25) is 0 Å². The Balaban J connectivity index is 2.42. The molecule has 6 heteroatoms. The molecule has 0 bridgehead atoms. The Morgan fingerprint density at radius 2 is 1.43 bits per heavy atom. The van der Waals surface area contributed by atoms with Gasteiger partial charge in [0.05, 0.1) is 42.4 Å². The van der Waals surface area contributed by atoms with Crippen LogP contribution in [0.5, 0.6) is 17.2 Å². The molecule has 0 radical (unpaired) electrons. The SMILES string of the molecule is COc1cc(OC)c2c(=[O+]C)cc3ssc4cc(OC)c1c2c4-3. The monoisotopic (exact) mass is 347 g/mol. The van der Waals surface area contributed by atoms with Crippen LogP contribution >= 0.6 is 20.7 Å². The van der Waals surface area contributed by atoms with Crippen LogP contribution in [0.25, 0.3) is 31.3 Å². The molecule has 1 heterocycles. The quantitative estimate of drug-likeness (QED) is 0.412. The largest absolute Gasteiger partial charge is 0.496 e. The van der Waals surface area contributed by atoms with Crippen LogP contribution in [0.1, 0.15) is 0 Å². The summed E-state index contributed by atoms with van der Waals surface area (Å²) in [6.45, 7) is 0. The number of hydrogen-bond acceptors (Lipinski definition) is 5. The zero-order valence-electron chi connectivity index (χ0n) is 13.2. The Morgan fingerprint density at radius 3 is 2.09 bits per heavy atom. The summed E-state index contributed by atoms with van der Waals surface area (Å²) < 4.78 is 23.7. The number of rotatable bonds is 3. The number of hydrogen-bond donors (Lipinski definition) is 0. The predicted molar refractivity (Wildman–Crippen MR) is 96.9 cm³/mol. The summed E-state index contributed by atoms with van der Waals surface area (Å²) in [5, 5.41) is 2.98. The first-order valence-electron chi connectivity index (χ1n) is 7.01. The minimum Gasteiger partial charge on any atom is -0.496 e. The molecule has 4 nitrogen and oxygen atoms in total. The zero-order chi connectivity index (χ0) is 16.1. The third-order valence-corrected chi connectivity index (χ3v) is 6.53. The molecule has 0 fully saturated rings. The van der Waals surface area contributed by atoms with Gasteiger partial charge in [0.25, 0.3) is 7.11 Å². The number of methoxy groups -OCH3 is 3. The lowest BCUT2D eigenvalue weighted by Crippen LogP contribution is -2.07. The van der Waals surface area contributed by atoms with Gasteiger partial charge in [0.15, 0.2) is 0 Å². The maximum absolute atomic E-state index is 5.64. The lowest BCUT2D eigenvalue weighted by Gasteiger charge is -2.16. The van der Waals surface area contributed by atoms with Gasteiger partial charge >= 0.3 is 5.43 Å². The minimum absolute atomic E-state index is 0.735. The van der Waals surface area contributed by atoms with Crippen LogP contribution in [-0.2, 0) is 0 Å². The second kappa shape index (κ2) is 5.25. The van der Waals surface area contributed by atoms with Crippen molar-refractivity contribution >= 4 is 41.5 Å². The van der Waals surface area contributed by atoms with Crippen molar-refractivity contribution in [1.29, 1.82) is 0 Å². The second-order valence-corrected chi connectivity index (χ2v) is 7.31. The molecular weight excluding hydrogens is 332 g/mol. The van der Waals surface area contributed by atoms with Crippen LogP contribution in [0.2, 0.25) is 0 Å². The highest BCUT2D eigenvalue weighted by molar-refractivity contribution is 7.73. The summed E-state index contributed by atoms with van der Waals surface area (Å²) >= 11 is 0. The van der Waals surface area contributed by atoms with E-state index in [1.807, 2.05) is 6.07 Å². The third kappa shape index (κ3) is 1.85. The molecule has 0 unspecified atom stereocenters. The lowest BCUT2D eigenvalue weighted by molar-refractivity contribution is 0.395. The molecule has 4 rings (SSSR count). The van der Waals surface area contributed by atoms with E-state index in [0.29, 0.717) is 0 Å². The summed E-state index contributed by atoms with van der Waals surface area (Å²) in [5.41, 5.74) is 2.01. The Bertz CT molecular complexity index is 1040. The van der Waals surface area contributed by atoms with E-state index in [1.54, 1.807) is 49.1 Å². The molecule has 0 N–H and O–H groups in total. The Morgan fingerprint density at radius 1 is 0.783 bits per heavy atom. The summed E-state index contributed by atoms with van der Waals surface area (Å²) in [6.07, 6.45) is 0. The normalized spacial score (nSPS) is 12.6. The van der Waals surface area contributed by atoms with Gasteiger partial charge in [-0.25, -0.2) is 0 Å². The van der Waals surface area contributed by atoms with Crippen LogP contribution in [0, 0.1) is 0 Å². The van der Waals surface area contributed by atoms with Gasteiger partial charge in [0, 0.05) is 17.0 Å². The molecule has 0 aromatic heterocycles. The zero-order valence-corrected chi connectivity index (χ0v) is 14.8. The van der Waals surface area contributed by atoms with Crippen molar-refractivity contribution in [3.05, 3.63) is 28.1 Å². The average molecular weight is 347 g/mol. The molecule has 2 aliphatic rings. The van der Waals surface area contributed by atoms with E-state index in [2.05, 4.69) is 12.1 Å². The molecule has 2 aromatic rings. The van der Waals surface area contributed by atoms with Gasteiger partial charge in [-0.1, -0.05) is 20.7 Å². The Labute approximate surface area is 140 Å². The van der Waals surface area contributed by atoms with Crippen LogP contribution in [0.15, 0.2) is 22.6 Å². The fraction of sp³-hybridized carbons (Fsp3) is 0.235. The van der Waals surface area contributed by atoms with E-state index in [1.165, 1.54) is 15.1 Å². The average Bonchev–Trinajstić information content (AvgIpc) is 3.01. The Kier molecular flexibility index (Phi) is 3.32. The van der Waals surface area contributed by atoms with Crippen molar-refractivity contribution < 1.29 is 14.2 Å². The van der Waals surface area contributed by atoms with Gasteiger partial charge in [0.1, 0.15) is 22.6 Å². The standard InChI is InChI=1S/C17H15O4S2/c1-18-8-5-9(19-2)15-11(21-4)7-13-16-12(22-23-13)6-10(20-3)14(8)17(15)16/h5-7H,1-4H3/q+1. The first-order chi connectivity index (χ1) is 11.2. The smallest absolute Gasteiger partial charge is 0.356 e. The fourth-order valence-electron chi connectivity index (χ4n) is 3.13. The highest BCUT2D eigenvalue weighted by Crippen LogP contribution is 2.51. The molecule has 1 aliphatic heterocycles. The van der Waals surface area contributed by atoms with Crippen LogP contribution < -0.4 is 19.6 Å².